The molecule has 14 heavy (non-hydrogen) atoms. The number of rotatable bonds is 0. The minimum Gasteiger partial charge on any atom is -0.342 e. The van der Waals surface area contributed by atoms with E-state index in [1.807, 2.05) is 11.4 Å². The zero-order chi connectivity index (χ0) is 9.60. The zero-order valence-corrected chi connectivity index (χ0v) is 8.36. The van der Waals surface area contributed by atoms with Gasteiger partial charge in [-0.3, -0.25) is 10.1 Å². The highest BCUT2D eigenvalue weighted by Gasteiger charge is 2.45. The van der Waals surface area contributed by atoms with E-state index in [-0.39, 0.29) is 5.91 Å². The smallest absolute Gasteiger partial charge is 0.246 e. The van der Waals surface area contributed by atoms with Gasteiger partial charge in [-0.1, -0.05) is 6.08 Å². The second kappa shape index (κ2) is 2.68. The molecule has 3 rings (SSSR count). The largest absolute Gasteiger partial charge is 0.342 e. The van der Waals surface area contributed by atoms with Gasteiger partial charge in [0.25, 0.3) is 0 Å². The number of carbonyl (C=O) groups excluding carboxylic acids is 1. The minimum absolute atomic E-state index is 0.0986. The van der Waals surface area contributed by atoms with Crippen LogP contribution in [0.25, 0.3) is 6.08 Å². The van der Waals surface area contributed by atoms with Gasteiger partial charge < -0.3 is 5.32 Å². The van der Waals surface area contributed by atoms with Crippen LogP contribution in [0.5, 0.6) is 0 Å². The highest BCUT2D eigenvalue weighted by Crippen LogP contribution is 2.38. The van der Waals surface area contributed by atoms with Crippen molar-refractivity contribution >= 4 is 23.3 Å². The average Bonchev–Trinajstić information content (AvgIpc) is 2.76. The van der Waals surface area contributed by atoms with E-state index in [1.165, 1.54) is 4.88 Å². The van der Waals surface area contributed by atoms with Crippen molar-refractivity contribution in [1.29, 1.82) is 0 Å². The molecule has 0 saturated carbocycles. The number of amides is 1. The number of hydrogen-bond donors (Lipinski definition) is 2. The molecule has 2 aliphatic rings. The van der Waals surface area contributed by atoms with Crippen LogP contribution >= 0.6 is 11.3 Å². The lowest BCUT2D eigenvalue weighted by atomic mass is 9.84. The van der Waals surface area contributed by atoms with Crippen LogP contribution in [0.3, 0.4) is 0 Å². The van der Waals surface area contributed by atoms with Gasteiger partial charge in [0.2, 0.25) is 5.91 Å². The van der Waals surface area contributed by atoms with Crippen molar-refractivity contribution in [3.8, 4) is 0 Å². The van der Waals surface area contributed by atoms with Gasteiger partial charge in [-0.15, -0.1) is 11.3 Å². The van der Waals surface area contributed by atoms with Crippen LogP contribution in [0, 0.1) is 0 Å². The summed E-state index contributed by atoms with van der Waals surface area (Å²) in [6.07, 6.45) is 4.91. The second-order valence-electron chi connectivity index (χ2n) is 3.57. The Morgan fingerprint density at radius 1 is 1.50 bits per heavy atom. The maximum Gasteiger partial charge on any atom is 0.246 e. The van der Waals surface area contributed by atoms with Gasteiger partial charge in [0.05, 0.1) is 6.67 Å². The standard InChI is InChI=1S/C10H10N2OS/c13-9-10(12-6-11-9)4-1-2-8-7(10)3-5-14-8/h1-3,5,12H,4,6H2,(H,11,13). The second-order valence-corrected chi connectivity index (χ2v) is 4.52. The van der Waals surface area contributed by atoms with Gasteiger partial charge >= 0.3 is 0 Å². The van der Waals surface area contributed by atoms with Gasteiger partial charge in [-0.2, -0.15) is 0 Å². The third kappa shape index (κ3) is 0.871. The molecule has 1 atom stereocenters. The number of hydrogen-bond acceptors (Lipinski definition) is 3. The molecule has 0 radical (unpaired) electrons. The van der Waals surface area contributed by atoms with E-state index in [4.69, 9.17) is 0 Å². The van der Waals surface area contributed by atoms with Gasteiger partial charge in [0.1, 0.15) is 5.54 Å². The molecule has 1 amide bonds. The molecule has 1 unspecified atom stereocenters. The summed E-state index contributed by atoms with van der Waals surface area (Å²) in [6, 6.07) is 2.04. The number of nitrogens with one attached hydrogen (secondary N) is 2. The molecular weight excluding hydrogens is 196 g/mol. The van der Waals surface area contributed by atoms with Crippen molar-refractivity contribution in [2.45, 2.75) is 12.0 Å². The van der Waals surface area contributed by atoms with Crippen molar-refractivity contribution < 1.29 is 4.79 Å². The maximum absolute atomic E-state index is 11.8. The summed E-state index contributed by atoms with van der Waals surface area (Å²) in [5.41, 5.74) is 0.643. The molecule has 2 N–H and O–H groups in total. The Kier molecular flexibility index (Phi) is 1.57. The van der Waals surface area contributed by atoms with Crippen LogP contribution in [0.2, 0.25) is 0 Å². The Morgan fingerprint density at radius 3 is 3.21 bits per heavy atom. The van der Waals surface area contributed by atoms with Crippen molar-refractivity contribution in [3.05, 3.63) is 28.0 Å². The Balaban J connectivity index is 2.19. The lowest BCUT2D eigenvalue weighted by molar-refractivity contribution is -0.124. The van der Waals surface area contributed by atoms with Crippen LogP contribution in [0.4, 0.5) is 0 Å². The molecule has 1 aromatic heterocycles. The summed E-state index contributed by atoms with van der Waals surface area (Å²) < 4.78 is 0. The number of carbonyl (C=O) groups is 1. The first-order valence-electron chi connectivity index (χ1n) is 4.61. The lowest BCUT2D eigenvalue weighted by Crippen LogP contribution is -2.43. The molecule has 1 aromatic rings. The van der Waals surface area contributed by atoms with Gasteiger partial charge in [-0.25, -0.2) is 0 Å². The normalized spacial score (nSPS) is 29.3. The third-order valence-electron chi connectivity index (χ3n) is 2.87. The molecular formula is C10H10N2OS. The minimum atomic E-state index is -0.482. The quantitative estimate of drug-likeness (QED) is 0.666. The number of fused-ring (bicyclic) bond motifs is 2. The molecule has 4 heteroatoms. The molecule has 2 heterocycles. The first-order valence-corrected chi connectivity index (χ1v) is 5.49. The Morgan fingerprint density at radius 2 is 2.43 bits per heavy atom. The monoisotopic (exact) mass is 206 g/mol. The van der Waals surface area contributed by atoms with E-state index in [2.05, 4.69) is 22.8 Å². The van der Waals surface area contributed by atoms with Crippen molar-refractivity contribution in [2.24, 2.45) is 0 Å². The molecule has 72 valence electrons. The van der Waals surface area contributed by atoms with Crippen molar-refractivity contribution in [3.63, 3.8) is 0 Å². The van der Waals surface area contributed by atoms with Crippen LogP contribution < -0.4 is 10.6 Å². The average molecular weight is 206 g/mol. The van der Waals surface area contributed by atoms with Crippen LogP contribution in [0.1, 0.15) is 16.9 Å². The molecule has 1 spiro atoms. The SMILES string of the molecule is O=C1NCNC12CC=Cc1sccc12. The highest BCUT2D eigenvalue weighted by molar-refractivity contribution is 7.11. The molecule has 1 fully saturated rings. The molecule has 1 aliphatic heterocycles. The van der Waals surface area contributed by atoms with Gasteiger partial charge in [0, 0.05) is 4.88 Å². The first kappa shape index (κ1) is 8.20. The van der Waals surface area contributed by atoms with E-state index in [9.17, 15) is 4.79 Å². The predicted octanol–water partition coefficient (Wildman–Crippen LogP) is 1.04. The summed E-state index contributed by atoms with van der Waals surface area (Å²) in [5, 5.41) is 8.13. The fourth-order valence-corrected chi connectivity index (χ4v) is 3.04. The summed E-state index contributed by atoms with van der Waals surface area (Å²) >= 11 is 1.68. The van der Waals surface area contributed by atoms with E-state index < -0.39 is 5.54 Å². The topological polar surface area (TPSA) is 41.1 Å². The fraction of sp³-hybridized carbons (Fsp3) is 0.300. The maximum atomic E-state index is 11.8. The van der Waals surface area contributed by atoms with E-state index in [1.54, 1.807) is 11.3 Å². The summed E-state index contributed by atoms with van der Waals surface area (Å²) in [5.74, 6) is 0.0986. The van der Waals surface area contributed by atoms with Crippen LogP contribution in [-0.4, -0.2) is 12.6 Å². The van der Waals surface area contributed by atoms with E-state index in [0.717, 1.165) is 12.0 Å². The number of thiophene rings is 1. The van der Waals surface area contributed by atoms with Crippen molar-refractivity contribution in [2.75, 3.05) is 6.67 Å². The highest BCUT2D eigenvalue weighted by atomic mass is 32.1. The van der Waals surface area contributed by atoms with Gasteiger partial charge in [0.15, 0.2) is 0 Å². The Labute approximate surface area is 85.8 Å². The van der Waals surface area contributed by atoms with Crippen molar-refractivity contribution in [1.82, 2.24) is 10.6 Å². The Bertz CT molecular complexity index is 424. The van der Waals surface area contributed by atoms with Crippen LogP contribution in [-0.2, 0) is 10.3 Å². The summed E-state index contributed by atoms with van der Waals surface area (Å²) in [6.45, 7) is 0.571. The zero-order valence-electron chi connectivity index (χ0n) is 7.54. The summed E-state index contributed by atoms with van der Waals surface area (Å²) in [4.78, 5) is 13.0. The lowest BCUT2D eigenvalue weighted by Gasteiger charge is -2.27. The van der Waals surface area contributed by atoms with Gasteiger partial charge in [-0.05, 0) is 29.5 Å². The summed E-state index contributed by atoms with van der Waals surface area (Å²) in [7, 11) is 0. The first-order chi connectivity index (χ1) is 6.83. The molecule has 0 bridgehead atoms. The third-order valence-corrected chi connectivity index (χ3v) is 3.76. The predicted molar refractivity (Wildman–Crippen MR) is 55.8 cm³/mol. The van der Waals surface area contributed by atoms with Crippen LogP contribution in [0.15, 0.2) is 17.5 Å². The molecule has 3 nitrogen and oxygen atoms in total. The van der Waals surface area contributed by atoms with E-state index >= 15 is 0 Å². The van der Waals surface area contributed by atoms with E-state index in [0.29, 0.717) is 6.67 Å². The molecule has 1 aliphatic carbocycles. The molecule has 1 saturated heterocycles. The Hall–Kier alpha value is -1.13. The molecule has 0 aromatic carbocycles. The fourth-order valence-electron chi connectivity index (χ4n) is 2.14.